The second kappa shape index (κ2) is 5.40. The lowest BCUT2D eigenvalue weighted by Gasteiger charge is -2.12. The van der Waals surface area contributed by atoms with Crippen molar-refractivity contribution in [3.05, 3.63) is 28.5 Å². The molecule has 5 nitrogen and oxygen atoms in total. The van der Waals surface area contributed by atoms with Gasteiger partial charge in [-0.05, 0) is 42.6 Å². The zero-order valence-electron chi connectivity index (χ0n) is 11.2. The quantitative estimate of drug-likeness (QED) is 0.865. The zero-order valence-corrected chi connectivity index (χ0v) is 11.9. The van der Waals surface area contributed by atoms with Crippen LogP contribution in [-0.2, 0) is 0 Å². The average Bonchev–Trinajstić information content (AvgIpc) is 2.36. The highest BCUT2D eigenvalue weighted by atomic mass is 35.5. The lowest BCUT2D eigenvalue weighted by molar-refractivity contribution is 0.378. The van der Waals surface area contributed by atoms with Gasteiger partial charge in [0, 0.05) is 0 Å². The minimum Gasteiger partial charge on any atom is -0.496 e. The summed E-state index contributed by atoms with van der Waals surface area (Å²) < 4.78 is 10.4. The van der Waals surface area contributed by atoms with Gasteiger partial charge in [-0.3, -0.25) is 0 Å². The summed E-state index contributed by atoms with van der Waals surface area (Å²) in [5.41, 5.74) is 2.89. The Morgan fingerprint density at radius 1 is 1.00 bits per heavy atom. The molecule has 2 aromatic rings. The topological polar surface area (TPSA) is 57.1 Å². The number of rotatable bonds is 3. The van der Waals surface area contributed by atoms with E-state index in [0.29, 0.717) is 11.6 Å². The summed E-state index contributed by atoms with van der Waals surface area (Å²) in [6, 6.07) is 4.13. The van der Waals surface area contributed by atoms with Crippen molar-refractivity contribution >= 4 is 11.6 Å². The SMILES string of the molecule is COc1nc(Cl)nc(-c2c(C)cc(C)cc2OC)n1. The lowest BCUT2D eigenvalue weighted by atomic mass is 10.0. The molecule has 0 fully saturated rings. The Morgan fingerprint density at radius 3 is 2.37 bits per heavy atom. The minimum atomic E-state index is 0.0869. The first-order chi connectivity index (χ1) is 9.05. The maximum Gasteiger partial charge on any atom is 0.321 e. The minimum absolute atomic E-state index is 0.0869. The third kappa shape index (κ3) is 2.76. The van der Waals surface area contributed by atoms with Crippen molar-refractivity contribution in [3.63, 3.8) is 0 Å². The van der Waals surface area contributed by atoms with E-state index in [0.717, 1.165) is 16.7 Å². The van der Waals surface area contributed by atoms with Crippen molar-refractivity contribution in [2.24, 2.45) is 0 Å². The highest BCUT2D eigenvalue weighted by Crippen LogP contribution is 2.33. The van der Waals surface area contributed by atoms with Crippen molar-refractivity contribution in [1.29, 1.82) is 0 Å². The van der Waals surface area contributed by atoms with E-state index in [1.165, 1.54) is 7.11 Å². The smallest absolute Gasteiger partial charge is 0.321 e. The number of nitrogens with zero attached hydrogens (tertiary/aromatic N) is 3. The van der Waals surface area contributed by atoms with Crippen LogP contribution in [0.2, 0.25) is 5.28 Å². The second-order valence-electron chi connectivity index (χ2n) is 4.07. The summed E-state index contributed by atoms with van der Waals surface area (Å²) in [5, 5.41) is 0.0869. The molecule has 0 N–H and O–H groups in total. The molecular weight excluding hydrogens is 266 g/mol. The Bertz CT molecular complexity index is 617. The van der Waals surface area contributed by atoms with Gasteiger partial charge in [0.2, 0.25) is 5.28 Å². The molecule has 19 heavy (non-hydrogen) atoms. The molecule has 1 aromatic carbocycles. The van der Waals surface area contributed by atoms with Crippen LogP contribution in [0.1, 0.15) is 11.1 Å². The van der Waals surface area contributed by atoms with Crippen LogP contribution in [0.5, 0.6) is 11.8 Å². The molecule has 0 unspecified atom stereocenters. The number of halogens is 1. The third-order valence-electron chi connectivity index (χ3n) is 2.66. The van der Waals surface area contributed by atoms with Crippen LogP contribution in [0.4, 0.5) is 0 Å². The first-order valence-corrected chi connectivity index (χ1v) is 6.04. The predicted molar refractivity (Wildman–Crippen MR) is 72.9 cm³/mol. The molecule has 100 valence electrons. The third-order valence-corrected chi connectivity index (χ3v) is 2.83. The fourth-order valence-corrected chi connectivity index (χ4v) is 2.06. The Kier molecular flexibility index (Phi) is 3.85. The van der Waals surface area contributed by atoms with Gasteiger partial charge in [0.1, 0.15) is 5.75 Å². The lowest BCUT2D eigenvalue weighted by Crippen LogP contribution is -2.01. The van der Waals surface area contributed by atoms with E-state index in [2.05, 4.69) is 15.0 Å². The molecule has 0 aliphatic heterocycles. The molecule has 1 heterocycles. The molecule has 6 heteroatoms. The first kappa shape index (κ1) is 13.5. The molecule has 0 radical (unpaired) electrons. The summed E-state index contributed by atoms with van der Waals surface area (Å²) >= 11 is 5.87. The Labute approximate surface area is 116 Å². The van der Waals surface area contributed by atoms with Crippen molar-refractivity contribution < 1.29 is 9.47 Å². The Morgan fingerprint density at radius 2 is 1.74 bits per heavy atom. The van der Waals surface area contributed by atoms with Crippen molar-refractivity contribution in [2.75, 3.05) is 14.2 Å². The number of methoxy groups -OCH3 is 2. The molecule has 0 aliphatic rings. The van der Waals surface area contributed by atoms with Crippen LogP contribution in [0.25, 0.3) is 11.4 Å². The molecule has 0 atom stereocenters. The number of benzene rings is 1. The van der Waals surface area contributed by atoms with Crippen LogP contribution < -0.4 is 9.47 Å². The van der Waals surface area contributed by atoms with Crippen molar-refractivity contribution in [1.82, 2.24) is 15.0 Å². The zero-order chi connectivity index (χ0) is 14.0. The largest absolute Gasteiger partial charge is 0.496 e. The Balaban J connectivity index is 2.67. The number of ether oxygens (including phenoxy) is 2. The normalized spacial score (nSPS) is 10.4. The molecule has 2 rings (SSSR count). The van der Waals surface area contributed by atoms with Gasteiger partial charge in [0.15, 0.2) is 5.82 Å². The van der Waals surface area contributed by atoms with Gasteiger partial charge >= 0.3 is 6.01 Å². The summed E-state index contributed by atoms with van der Waals surface area (Å²) in [6.07, 6.45) is 0. The van der Waals surface area contributed by atoms with Gasteiger partial charge < -0.3 is 9.47 Å². The standard InChI is InChI=1S/C13H14ClN3O2/c1-7-5-8(2)10(9(6-7)18-3)11-15-12(14)17-13(16-11)19-4/h5-6H,1-4H3. The maximum absolute atomic E-state index is 5.87. The Hall–Kier alpha value is -1.88. The summed E-state index contributed by atoms with van der Waals surface area (Å²) in [4.78, 5) is 12.2. The predicted octanol–water partition coefficient (Wildman–Crippen LogP) is 2.83. The van der Waals surface area contributed by atoms with E-state index >= 15 is 0 Å². The highest BCUT2D eigenvalue weighted by molar-refractivity contribution is 6.28. The van der Waals surface area contributed by atoms with Gasteiger partial charge in [-0.25, -0.2) is 0 Å². The summed E-state index contributed by atoms with van der Waals surface area (Å²) in [7, 11) is 3.09. The summed E-state index contributed by atoms with van der Waals surface area (Å²) in [6.45, 7) is 3.97. The molecule has 0 saturated heterocycles. The van der Waals surface area contributed by atoms with Gasteiger partial charge in [0.05, 0.1) is 19.8 Å². The monoisotopic (exact) mass is 279 g/mol. The van der Waals surface area contributed by atoms with Crippen LogP contribution in [-0.4, -0.2) is 29.2 Å². The molecule has 0 spiro atoms. The number of aromatic nitrogens is 3. The van der Waals surface area contributed by atoms with E-state index < -0.39 is 0 Å². The highest BCUT2D eigenvalue weighted by Gasteiger charge is 2.15. The van der Waals surface area contributed by atoms with E-state index in [1.807, 2.05) is 26.0 Å². The maximum atomic E-state index is 5.87. The first-order valence-electron chi connectivity index (χ1n) is 5.66. The van der Waals surface area contributed by atoms with Crippen molar-refractivity contribution in [3.8, 4) is 23.1 Å². The molecule has 0 saturated carbocycles. The number of hydrogen-bond acceptors (Lipinski definition) is 5. The molecular formula is C13H14ClN3O2. The van der Waals surface area contributed by atoms with Crippen molar-refractivity contribution in [2.45, 2.75) is 13.8 Å². The van der Waals surface area contributed by atoms with E-state index in [9.17, 15) is 0 Å². The average molecular weight is 280 g/mol. The van der Waals surface area contributed by atoms with Crippen LogP contribution in [0.3, 0.4) is 0 Å². The fourth-order valence-electron chi connectivity index (χ4n) is 1.91. The van der Waals surface area contributed by atoms with Gasteiger partial charge in [-0.2, -0.15) is 15.0 Å². The van der Waals surface area contributed by atoms with Crippen LogP contribution >= 0.6 is 11.6 Å². The van der Waals surface area contributed by atoms with Gasteiger partial charge in [-0.1, -0.05) is 6.07 Å². The van der Waals surface area contributed by atoms with E-state index in [1.54, 1.807) is 7.11 Å². The van der Waals surface area contributed by atoms with E-state index in [-0.39, 0.29) is 11.3 Å². The number of aryl methyl sites for hydroxylation is 2. The van der Waals surface area contributed by atoms with Gasteiger partial charge in [0.25, 0.3) is 0 Å². The second-order valence-corrected chi connectivity index (χ2v) is 4.41. The molecule has 0 amide bonds. The van der Waals surface area contributed by atoms with E-state index in [4.69, 9.17) is 21.1 Å². The van der Waals surface area contributed by atoms with Crippen LogP contribution in [0, 0.1) is 13.8 Å². The molecule has 1 aromatic heterocycles. The summed E-state index contributed by atoms with van der Waals surface area (Å²) in [5.74, 6) is 1.13. The molecule has 0 aliphatic carbocycles. The van der Waals surface area contributed by atoms with Gasteiger partial charge in [-0.15, -0.1) is 0 Å². The van der Waals surface area contributed by atoms with Crippen LogP contribution in [0.15, 0.2) is 12.1 Å². The fraction of sp³-hybridized carbons (Fsp3) is 0.308. The molecule has 0 bridgehead atoms. The number of hydrogen-bond donors (Lipinski definition) is 0.